The molecule has 0 atom stereocenters. The second-order valence-electron chi connectivity index (χ2n) is 6.13. The molecule has 0 aromatic heterocycles. The molecule has 0 unspecified atom stereocenters. The second-order valence-corrected chi connectivity index (χ2v) is 6.13. The van der Waals surface area contributed by atoms with Crippen molar-refractivity contribution in [2.24, 2.45) is 5.10 Å². The van der Waals surface area contributed by atoms with Crippen LogP contribution in [0.5, 0.6) is 11.5 Å². The predicted octanol–water partition coefficient (Wildman–Crippen LogP) is 3.34. The van der Waals surface area contributed by atoms with E-state index in [0.717, 1.165) is 0 Å². The van der Waals surface area contributed by atoms with E-state index in [1.165, 1.54) is 24.4 Å². The van der Waals surface area contributed by atoms with Crippen LogP contribution in [-0.4, -0.2) is 29.6 Å². The van der Waals surface area contributed by atoms with Crippen LogP contribution in [0, 0.1) is 10.1 Å². The molecule has 1 N–H and O–H groups in total. The molecule has 156 valence electrons. The minimum absolute atomic E-state index is 0.00716. The van der Waals surface area contributed by atoms with Crippen molar-refractivity contribution in [1.29, 1.82) is 0 Å². The van der Waals surface area contributed by atoms with Gasteiger partial charge in [0, 0.05) is 6.07 Å². The van der Waals surface area contributed by atoms with E-state index < -0.39 is 23.4 Å². The van der Waals surface area contributed by atoms with Crippen LogP contribution in [0.3, 0.4) is 0 Å². The Morgan fingerprint density at radius 2 is 1.65 bits per heavy atom. The SMILES string of the molecule is O=C(COc1ccccc1[N+](=O)[O-])NN=Cc1ccc(OC(=O)c2ccccc2)cc1. The number of nitrogens with one attached hydrogen (secondary N) is 1. The Kier molecular flexibility index (Phi) is 7.04. The number of nitrogens with zero attached hydrogens (tertiary/aromatic N) is 2. The minimum atomic E-state index is -0.591. The average Bonchev–Trinajstić information content (AvgIpc) is 2.79. The fraction of sp³-hybridized carbons (Fsp3) is 0.0455. The zero-order chi connectivity index (χ0) is 22.1. The number of hydrogen-bond donors (Lipinski definition) is 1. The molecule has 31 heavy (non-hydrogen) atoms. The highest BCUT2D eigenvalue weighted by Crippen LogP contribution is 2.25. The number of nitro groups is 1. The smallest absolute Gasteiger partial charge is 0.343 e. The molecule has 0 aliphatic carbocycles. The van der Waals surface area contributed by atoms with Crippen molar-refractivity contribution >= 4 is 23.8 Å². The largest absolute Gasteiger partial charge is 0.477 e. The third-order valence-electron chi connectivity index (χ3n) is 3.92. The Bertz CT molecular complexity index is 1100. The molecule has 0 heterocycles. The van der Waals surface area contributed by atoms with E-state index in [9.17, 15) is 19.7 Å². The third kappa shape index (κ3) is 6.23. The van der Waals surface area contributed by atoms with Gasteiger partial charge in [-0.2, -0.15) is 5.10 Å². The Morgan fingerprint density at radius 1 is 0.968 bits per heavy atom. The second kappa shape index (κ2) is 10.3. The highest BCUT2D eigenvalue weighted by molar-refractivity contribution is 5.91. The van der Waals surface area contributed by atoms with Gasteiger partial charge in [0.05, 0.1) is 16.7 Å². The van der Waals surface area contributed by atoms with Crippen LogP contribution in [0.15, 0.2) is 84.0 Å². The summed E-state index contributed by atoms with van der Waals surface area (Å²) in [7, 11) is 0. The van der Waals surface area contributed by atoms with Crippen LogP contribution in [-0.2, 0) is 4.79 Å². The van der Waals surface area contributed by atoms with Crippen molar-refractivity contribution in [3.05, 3.63) is 100 Å². The molecule has 0 bridgehead atoms. The summed E-state index contributed by atoms with van der Waals surface area (Å²) in [6.45, 7) is -0.434. The maximum atomic E-state index is 12.0. The van der Waals surface area contributed by atoms with Crippen LogP contribution in [0.2, 0.25) is 0 Å². The molecule has 0 saturated carbocycles. The fourth-order valence-electron chi connectivity index (χ4n) is 2.45. The summed E-state index contributed by atoms with van der Waals surface area (Å²) >= 11 is 0. The molecule has 1 amide bonds. The minimum Gasteiger partial charge on any atom is -0.477 e. The van der Waals surface area contributed by atoms with E-state index in [1.807, 2.05) is 0 Å². The van der Waals surface area contributed by atoms with Gasteiger partial charge in [0.1, 0.15) is 5.75 Å². The van der Waals surface area contributed by atoms with Crippen LogP contribution in [0.25, 0.3) is 0 Å². The lowest BCUT2D eigenvalue weighted by Gasteiger charge is -2.05. The van der Waals surface area contributed by atoms with Crippen molar-refractivity contribution in [2.75, 3.05) is 6.61 Å². The Balaban J connectivity index is 1.48. The monoisotopic (exact) mass is 419 g/mol. The van der Waals surface area contributed by atoms with Gasteiger partial charge >= 0.3 is 11.7 Å². The van der Waals surface area contributed by atoms with E-state index in [0.29, 0.717) is 16.9 Å². The van der Waals surface area contributed by atoms with Gasteiger partial charge in [-0.1, -0.05) is 30.3 Å². The molecule has 0 aliphatic rings. The Morgan fingerprint density at radius 3 is 2.35 bits per heavy atom. The molecule has 0 fully saturated rings. The normalized spacial score (nSPS) is 10.5. The maximum Gasteiger partial charge on any atom is 0.343 e. The first kappa shape index (κ1) is 21.2. The summed E-state index contributed by atoms with van der Waals surface area (Å²) in [6.07, 6.45) is 1.39. The van der Waals surface area contributed by atoms with Crippen molar-refractivity contribution < 1.29 is 24.0 Å². The molecule has 3 rings (SSSR count). The number of hydrazone groups is 1. The lowest BCUT2D eigenvalue weighted by molar-refractivity contribution is -0.385. The van der Waals surface area contributed by atoms with Gasteiger partial charge in [0.2, 0.25) is 0 Å². The fourth-order valence-corrected chi connectivity index (χ4v) is 2.45. The highest BCUT2D eigenvalue weighted by atomic mass is 16.6. The molecule has 9 nitrogen and oxygen atoms in total. The molecular formula is C22H17N3O6. The number of amides is 1. The summed E-state index contributed by atoms with van der Waals surface area (Å²) in [5.41, 5.74) is 3.13. The van der Waals surface area contributed by atoms with Crippen LogP contribution in [0.4, 0.5) is 5.69 Å². The maximum absolute atomic E-state index is 12.0. The van der Waals surface area contributed by atoms with Crippen LogP contribution < -0.4 is 14.9 Å². The number of ether oxygens (including phenoxy) is 2. The number of benzene rings is 3. The standard InChI is InChI=1S/C22H17N3O6/c26-21(15-30-20-9-5-4-8-19(20)25(28)29)24-23-14-16-10-12-18(13-11-16)31-22(27)17-6-2-1-3-7-17/h1-14H,15H2,(H,24,26). The molecule has 3 aromatic rings. The number of carbonyl (C=O) groups excluding carboxylic acids is 2. The molecule has 0 spiro atoms. The van der Waals surface area contributed by atoms with Crippen LogP contribution >= 0.6 is 0 Å². The quantitative estimate of drug-likeness (QED) is 0.197. The number of nitro benzene ring substituents is 1. The van der Waals surface area contributed by atoms with Gasteiger partial charge in [-0.25, -0.2) is 10.2 Å². The Hall–Kier alpha value is -4.53. The highest BCUT2D eigenvalue weighted by Gasteiger charge is 2.14. The predicted molar refractivity (Wildman–Crippen MR) is 112 cm³/mol. The van der Waals surface area contributed by atoms with Gasteiger partial charge in [0.25, 0.3) is 5.91 Å². The van der Waals surface area contributed by atoms with Gasteiger partial charge in [0.15, 0.2) is 12.4 Å². The molecule has 0 aliphatic heterocycles. The molecular weight excluding hydrogens is 402 g/mol. The number of esters is 1. The third-order valence-corrected chi connectivity index (χ3v) is 3.92. The molecule has 9 heteroatoms. The molecule has 0 radical (unpaired) electrons. The van der Waals surface area contributed by atoms with Gasteiger partial charge in [-0.05, 0) is 48.0 Å². The summed E-state index contributed by atoms with van der Waals surface area (Å²) in [5, 5.41) is 14.7. The van der Waals surface area contributed by atoms with Gasteiger partial charge in [-0.15, -0.1) is 0 Å². The number of para-hydroxylation sites is 2. The lowest BCUT2D eigenvalue weighted by Crippen LogP contribution is -2.24. The van der Waals surface area contributed by atoms with Crippen molar-refractivity contribution in [2.45, 2.75) is 0 Å². The van der Waals surface area contributed by atoms with E-state index in [1.54, 1.807) is 60.7 Å². The Labute approximate surface area is 177 Å². The zero-order valence-electron chi connectivity index (χ0n) is 16.1. The summed E-state index contributed by atoms with van der Waals surface area (Å²) in [5.74, 6) is -0.684. The van der Waals surface area contributed by atoms with Gasteiger partial charge < -0.3 is 9.47 Å². The van der Waals surface area contributed by atoms with E-state index in [2.05, 4.69) is 10.5 Å². The van der Waals surface area contributed by atoms with E-state index in [4.69, 9.17) is 9.47 Å². The summed E-state index contributed by atoms with van der Waals surface area (Å²) in [4.78, 5) is 34.2. The van der Waals surface area contributed by atoms with Crippen LogP contribution in [0.1, 0.15) is 15.9 Å². The molecule has 3 aromatic carbocycles. The first-order valence-electron chi connectivity index (χ1n) is 9.08. The zero-order valence-corrected chi connectivity index (χ0v) is 16.1. The van der Waals surface area contributed by atoms with E-state index >= 15 is 0 Å². The first-order valence-corrected chi connectivity index (χ1v) is 9.08. The van der Waals surface area contributed by atoms with Crippen molar-refractivity contribution in [3.8, 4) is 11.5 Å². The molecule has 0 saturated heterocycles. The number of hydrogen-bond acceptors (Lipinski definition) is 7. The van der Waals surface area contributed by atoms with Gasteiger partial charge in [-0.3, -0.25) is 14.9 Å². The van der Waals surface area contributed by atoms with Crippen molar-refractivity contribution in [3.63, 3.8) is 0 Å². The average molecular weight is 419 g/mol. The van der Waals surface area contributed by atoms with E-state index in [-0.39, 0.29) is 11.4 Å². The number of carbonyl (C=O) groups is 2. The number of rotatable bonds is 8. The van der Waals surface area contributed by atoms with Crippen molar-refractivity contribution in [1.82, 2.24) is 5.43 Å². The summed E-state index contributed by atoms with van der Waals surface area (Å²) in [6, 6.07) is 20.9. The topological polar surface area (TPSA) is 120 Å². The first-order chi connectivity index (χ1) is 15.0. The lowest BCUT2D eigenvalue weighted by atomic mass is 10.2. The summed E-state index contributed by atoms with van der Waals surface area (Å²) < 4.78 is 10.5.